The quantitative estimate of drug-likeness (QED) is 0.518. The smallest absolute Gasteiger partial charge is 0.393 e. The fourth-order valence-corrected chi connectivity index (χ4v) is 4.27. The van der Waals surface area contributed by atoms with Crippen LogP contribution in [0, 0.1) is 11.8 Å². The zero-order valence-corrected chi connectivity index (χ0v) is 18.7. The number of anilines is 1. The lowest BCUT2D eigenvalue weighted by Gasteiger charge is -2.39. The number of ether oxygens (including phenoxy) is 1. The van der Waals surface area contributed by atoms with Gasteiger partial charge in [0.2, 0.25) is 0 Å². The second-order valence-corrected chi connectivity index (χ2v) is 8.88. The van der Waals surface area contributed by atoms with E-state index in [4.69, 9.17) is 4.74 Å². The number of imidazole rings is 1. The zero-order valence-electron chi connectivity index (χ0n) is 18.7. The molecular formula is C24H26F3N3O3. The summed E-state index contributed by atoms with van der Waals surface area (Å²) in [6, 6.07) is 11.8. The number of carbonyl (C=O) groups is 1. The maximum Gasteiger partial charge on any atom is 0.393 e. The number of methoxy groups -OCH3 is 1. The van der Waals surface area contributed by atoms with Crippen LogP contribution in [0.2, 0.25) is 0 Å². The van der Waals surface area contributed by atoms with Crippen molar-refractivity contribution in [1.29, 1.82) is 0 Å². The molecule has 176 valence electrons. The van der Waals surface area contributed by atoms with Gasteiger partial charge < -0.3 is 9.64 Å². The molecule has 0 amide bonds. The van der Waals surface area contributed by atoms with Gasteiger partial charge in [-0.25, -0.2) is 4.79 Å². The van der Waals surface area contributed by atoms with Gasteiger partial charge >= 0.3 is 17.8 Å². The highest BCUT2D eigenvalue weighted by atomic mass is 19.4. The van der Waals surface area contributed by atoms with E-state index in [1.165, 1.54) is 23.8 Å². The minimum atomic E-state index is -4.33. The summed E-state index contributed by atoms with van der Waals surface area (Å²) < 4.78 is 46.7. The van der Waals surface area contributed by atoms with Crippen molar-refractivity contribution in [3.05, 3.63) is 58.5 Å². The molecule has 2 heterocycles. The summed E-state index contributed by atoms with van der Waals surface area (Å²) in [6.07, 6.45) is -5.37. The van der Waals surface area contributed by atoms with Crippen LogP contribution < -0.4 is 10.6 Å². The van der Waals surface area contributed by atoms with Crippen molar-refractivity contribution >= 4 is 22.7 Å². The summed E-state index contributed by atoms with van der Waals surface area (Å²) in [5.41, 5.74) is 2.34. The molecule has 1 aliphatic heterocycles. The van der Waals surface area contributed by atoms with Crippen LogP contribution in [0.1, 0.15) is 19.4 Å². The second-order valence-electron chi connectivity index (χ2n) is 8.88. The number of hydrogen-bond donors (Lipinski definition) is 0. The SMILES string of the molecule is COC(=O)C1CN(c2cccc(-n3c(=O)n(CC(C)C)c4cc(CC(F)(F)F)ccc43)c2)C1. The molecule has 33 heavy (non-hydrogen) atoms. The van der Waals surface area contributed by atoms with Crippen molar-refractivity contribution in [3.63, 3.8) is 0 Å². The number of benzene rings is 2. The number of halogens is 3. The van der Waals surface area contributed by atoms with Gasteiger partial charge in [0.25, 0.3) is 0 Å². The molecule has 6 nitrogen and oxygen atoms in total. The molecule has 0 bridgehead atoms. The van der Waals surface area contributed by atoms with Gasteiger partial charge in [0, 0.05) is 25.3 Å². The molecule has 0 saturated carbocycles. The van der Waals surface area contributed by atoms with E-state index >= 15 is 0 Å². The topological polar surface area (TPSA) is 56.5 Å². The third-order valence-electron chi connectivity index (χ3n) is 5.82. The summed E-state index contributed by atoms with van der Waals surface area (Å²) in [5, 5.41) is 0. The Morgan fingerprint density at radius 1 is 1.09 bits per heavy atom. The molecule has 1 aromatic heterocycles. The van der Waals surface area contributed by atoms with Gasteiger partial charge in [0.1, 0.15) is 0 Å². The highest BCUT2D eigenvalue weighted by Gasteiger charge is 2.34. The van der Waals surface area contributed by atoms with E-state index in [1.54, 1.807) is 16.7 Å². The fourth-order valence-electron chi connectivity index (χ4n) is 4.27. The minimum absolute atomic E-state index is 0.118. The van der Waals surface area contributed by atoms with Crippen LogP contribution in [0.25, 0.3) is 16.7 Å². The molecule has 0 N–H and O–H groups in total. The molecule has 0 spiro atoms. The number of carbonyl (C=O) groups excluding carboxylic acids is 1. The van der Waals surface area contributed by atoms with Crippen molar-refractivity contribution in [2.75, 3.05) is 25.1 Å². The summed E-state index contributed by atoms with van der Waals surface area (Å²) in [4.78, 5) is 27.1. The predicted molar refractivity (Wildman–Crippen MR) is 120 cm³/mol. The van der Waals surface area contributed by atoms with E-state index in [0.29, 0.717) is 36.4 Å². The molecule has 0 atom stereocenters. The fraction of sp³-hybridized carbons (Fsp3) is 0.417. The molecule has 0 radical (unpaired) electrons. The monoisotopic (exact) mass is 461 g/mol. The van der Waals surface area contributed by atoms with Crippen molar-refractivity contribution in [1.82, 2.24) is 9.13 Å². The first kappa shape index (κ1) is 22.9. The number of aromatic nitrogens is 2. The van der Waals surface area contributed by atoms with Crippen molar-refractivity contribution in [2.45, 2.75) is 33.0 Å². The lowest BCUT2D eigenvalue weighted by Crippen LogP contribution is -2.50. The van der Waals surface area contributed by atoms with Crippen molar-refractivity contribution in [2.24, 2.45) is 11.8 Å². The maximum absolute atomic E-state index is 13.4. The predicted octanol–water partition coefficient (Wildman–Crippen LogP) is 4.16. The standard InChI is InChI=1S/C24H26F3N3O3/c1-15(2)12-29-21-9-16(11-24(25,26)27)7-8-20(21)30(23(29)32)19-6-4-5-18(10-19)28-13-17(14-28)22(31)33-3/h4-10,15,17H,11-14H2,1-3H3. The van der Waals surface area contributed by atoms with Gasteiger partial charge in [-0.1, -0.05) is 26.0 Å². The van der Waals surface area contributed by atoms with Crippen molar-refractivity contribution in [3.8, 4) is 5.69 Å². The van der Waals surface area contributed by atoms with Gasteiger partial charge in [-0.05, 0) is 41.8 Å². The minimum Gasteiger partial charge on any atom is -0.469 e. The highest BCUT2D eigenvalue weighted by molar-refractivity contribution is 5.80. The number of fused-ring (bicyclic) bond motifs is 1. The molecule has 9 heteroatoms. The van der Waals surface area contributed by atoms with Crippen LogP contribution in [0.3, 0.4) is 0 Å². The van der Waals surface area contributed by atoms with Gasteiger partial charge in [0.15, 0.2) is 0 Å². The number of alkyl halides is 3. The summed E-state index contributed by atoms with van der Waals surface area (Å²) >= 11 is 0. The highest BCUT2D eigenvalue weighted by Crippen LogP contribution is 2.29. The van der Waals surface area contributed by atoms with Crippen LogP contribution in [0.15, 0.2) is 47.3 Å². The molecule has 1 fully saturated rings. The third-order valence-corrected chi connectivity index (χ3v) is 5.82. The molecule has 1 saturated heterocycles. The lowest BCUT2D eigenvalue weighted by molar-refractivity contribution is -0.146. The second kappa shape index (κ2) is 8.61. The first-order valence-electron chi connectivity index (χ1n) is 10.8. The Morgan fingerprint density at radius 3 is 2.42 bits per heavy atom. The van der Waals surface area contributed by atoms with Gasteiger partial charge in [0.05, 0.1) is 36.2 Å². The van der Waals surface area contributed by atoms with Crippen LogP contribution in [-0.4, -0.2) is 41.5 Å². The van der Waals surface area contributed by atoms with Crippen LogP contribution in [0.5, 0.6) is 0 Å². The Kier molecular flexibility index (Phi) is 5.99. The third kappa shape index (κ3) is 4.62. The summed E-state index contributed by atoms with van der Waals surface area (Å²) in [7, 11) is 1.37. The zero-order chi connectivity index (χ0) is 23.9. The van der Waals surface area contributed by atoms with E-state index in [1.807, 2.05) is 36.9 Å². The number of esters is 1. The van der Waals surface area contributed by atoms with Gasteiger partial charge in [-0.3, -0.25) is 13.9 Å². The first-order chi connectivity index (χ1) is 15.6. The van der Waals surface area contributed by atoms with Crippen LogP contribution in [0.4, 0.5) is 18.9 Å². The Hall–Kier alpha value is -3.23. The Bertz CT molecular complexity index is 1240. The molecule has 0 unspecified atom stereocenters. The van der Waals surface area contributed by atoms with E-state index < -0.39 is 12.6 Å². The number of rotatable bonds is 6. The van der Waals surface area contributed by atoms with E-state index in [9.17, 15) is 22.8 Å². The van der Waals surface area contributed by atoms with Crippen LogP contribution >= 0.6 is 0 Å². The van der Waals surface area contributed by atoms with E-state index in [2.05, 4.69) is 0 Å². The summed E-state index contributed by atoms with van der Waals surface area (Å²) in [5.74, 6) is -0.290. The van der Waals surface area contributed by atoms with E-state index in [-0.39, 0.29) is 29.1 Å². The average molecular weight is 461 g/mol. The van der Waals surface area contributed by atoms with Crippen LogP contribution in [-0.2, 0) is 22.5 Å². The largest absolute Gasteiger partial charge is 0.469 e. The lowest BCUT2D eigenvalue weighted by atomic mass is 9.99. The first-order valence-corrected chi connectivity index (χ1v) is 10.8. The summed E-state index contributed by atoms with van der Waals surface area (Å²) in [6.45, 7) is 5.36. The Balaban J connectivity index is 1.76. The molecular weight excluding hydrogens is 435 g/mol. The maximum atomic E-state index is 13.4. The Labute approximate surface area is 189 Å². The van der Waals surface area contributed by atoms with Crippen molar-refractivity contribution < 1.29 is 22.7 Å². The molecule has 3 aromatic rings. The average Bonchev–Trinajstić information content (AvgIpc) is 2.96. The van der Waals surface area contributed by atoms with Gasteiger partial charge in [-0.15, -0.1) is 0 Å². The Morgan fingerprint density at radius 2 is 1.79 bits per heavy atom. The molecule has 1 aliphatic rings. The molecule has 2 aromatic carbocycles. The van der Waals surface area contributed by atoms with E-state index in [0.717, 1.165) is 5.69 Å². The number of hydrogen-bond acceptors (Lipinski definition) is 4. The van der Waals surface area contributed by atoms with Gasteiger partial charge in [-0.2, -0.15) is 13.2 Å². The molecule has 0 aliphatic carbocycles. The molecule has 4 rings (SSSR count). The number of nitrogens with zero attached hydrogens (tertiary/aromatic N) is 3. The normalized spacial score (nSPS) is 14.7.